The number of ether oxygens (including phenoxy) is 1. The molecule has 1 unspecified atom stereocenters. The van der Waals surface area contributed by atoms with E-state index in [-0.39, 0.29) is 36.1 Å². The van der Waals surface area contributed by atoms with Gasteiger partial charge in [0.05, 0.1) is 13.2 Å². The fraction of sp³-hybridized carbons (Fsp3) is 0.556. The van der Waals surface area contributed by atoms with Gasteiger partial charge in [-0.3, -0.25) is 9.59 Å². The molecule has 144 valence electrons. The molecule has 2 heterocycles. The molecule has 2 aliphatic heterocycles. The van der Waals surface area contributed by atoms with Crippen LogP contribution in [0.2, 0.25) is 0 Å². The number of nitrogens with zero attached hydrogens (tertiary/aromatic N) is 2. The Balaban J connectivity index is 0.00000243. The van der Waals surface area contributed by atoms with Gasteiger partial charge < -0.3 is 19.9 Å². The van der Waals surface area contributed by atoms with Gasteiger partial charge in [0.25, 0.3) is 5.91 Å². The van der Waals surface area contributed by atoms with Crippen molar-refractivity contribution in [2.45, 2.75) is 18.9 Å². The van der Waals surface area contributed by atoms with Crippen LogP contribution in [0, 0.1) is 5.82 Å². The van der Waals surface area contributed by atoms with Crippen molar-refractivity contribution in [2.75, 3.05) is 45.9 Å². The highest BCUT2D eigenvalue weighted by molar-refractivity contribution is 5.94. The summed E-state index contributed by atoms with van der Waals surface area (Å²) >= 11 is 0. The predicted octanol–water partition coefficient (Wildman–Crippen LogP) is 1.30. The number of hydrogen-bond acceptors (Lipinski definition) is 4. The number of carbonyl (C=O) groups is 2. The Hall–Kier alpha value is -1.70. The maximum atomic E-state index is 13.0. The Kier molecular flexibility index (Phi) is 7.81. The molecule has 1 aromatic carbocycles. The molecule has 0 spiro atoms. The standard InChI is InChI=1S/C18H24FN3O3.ClH/c19-15-4-2-14(3-5-15)18(24)22-8-1-7-21(9-10-22)17(23)12-16-13-25-11-6-20-16;/h2-5,16,20H,1,6-13H2;1H. The highest BCUT2D eigenvalue weighted by atomic mass is 35.5. The molecular weight excluding hydrogens is 361 g/mol. The lowest BCUT2D eigenvalue weighted by molar-refractivity contribution is -0.132. The van der Waals surface area contributed by atoms with E-state index in [1.807, 2.05) is 4.90 Å². The maximum Gasteiger partial charge on any atom is 0.253 e. The molecule has 6 nitrogen and oxygen atoms in total. The monoisotopic (exact) mass is 385 g/mol. The number of amides is 2. The van der Waals surface area contributed by atoms with Gasteiger partial charge in [-0.2, -0.15) is 0 Å². The summed E-state index contributed by atoms with van der Waals surface area (Å²) in [6.07, 6.45) is 1.17. The predicted molar refractivity (Wildman–Crippen MR) is 98.0 cm³/mol. The first-order valence-electron chi connectivity index (χ1n) is 8.77. The second-order valence-corrected chi connectivity index (χ2v) is 6.46. The van der Waals surface area contributed by atoms with Gasteiger partial charge >= 0.3 is 0 Å². The van der Waals surface area contributed by atoms with E-state index in [1.165, 1.54) is 24.3 Å². The number of morpholine rings is 1. The average Bonchev–Trinajstić information content (AvgIpc) is 2.89. The number of hydrogen-bond donors (Lipinski definition) is 1. The minimum Gasteiger partial charge on any atom is -0.378 e. The molecule has 1 aromatic rings. The zero-order valence-electron chi connectivity index (χ0n) is 14.7. The highest BCUT2D eigenvalue weighted by Gasteiger charge is 2.25. The van der Waals surface area contributed by atoms with E-state index < -0.39 is 0 Å². The fourth-order valence-corrected chi connectivity index (χ4v) is 3.24. The topological polar surface area (TPSA) is 61.9 Å². The zero-order chi connectivity index (χ0) is 17.6. The Morgan fingerprint density at radius 3 is 2.50 bits per heavy atom. The quantitative estimate of drug-likeness (QED) is 0.852. The van der Waals surface area contributed by atoms with Crippen LogP contribution in [0.4, 0.5) is 4.39 Å². The van der Waals surface area contributed by atoms with Crippen LogP contribution in [0.15, 0.2) is 24.3 Å². The highest BCUT2D eigenvalue weighted by Crippen LogP contribution is 2.12. The van der Waals surface area contributed by atoms with E-state index >= 15 is 0 Å². The lowest BCUT2D eigenvalue weighted by Crippen LogP contribution is -2.45. The SMILES string of the molecule is Cl.O=C(CC1COCCN1)N1CCCN(C(=O)c2ccc(F)cc2)CC1. The maximum absolute atomic E-state index is 13.0. The van der Waals surface area contributed by atoms with Crippen molar-refractivity contribution in [3.05, 3.63) is 35.6 Å². The van der Waals surface area contributed by atoms with Gasteiger partial charge in [-0.05, 0) is 30.7 Å². The summed E-state index contributed by atoms with van der Waals surface area (Å²) in [5.41, 5.74) is 0.477. The van der Waals surface area contributed by atoms with Gasteiger partial charge in [-0.15, -0.1) is 12.4 Å². The van der Waals surface area contributed by atoms with Gasteiger partial charge in [0.15, 0.2) is 0 Å². The molecule has 1 atom stereocenters. The van der Waals surface area contributed by atoms with Crippen molar-refractivity contribution >= 4 is 24.2 Å². The zero-order valence-corrected chi connectivity index (χ0v) is 15.5. The average molecular weight is 386 g/mol. The third-order valence-electron chi connectivity index (χ3n) is 4.65. The van der Waals surface area contributed by atoms with Crippen LogP contribution in [0.25, 0.3) is 0 Å². The van der Waals surface area contributed by atoms with E-state index in [2.05, 4.69) is 5.32 Å². The van der Waals surface area contributed by atoms with Crippen LogP contribution in [-0.4, -0.2) is 73.6 Å². The molecule has 3 rings (SSSR count). The summed E-state index contributed by atoms with van der Waals surface area (Å²) in [7, 11) is 0. The summed E-state index contributed by atoms with van der Waals surface area (Å²) in [6, 6.07) is 5.65. The largest absolute Gasteiger partial charge is 0.378 e. The van der Waals surface area contributed by atoms with Gasteiger partial charge in [0, 0.05) is 50.7 Å². The lowest BCUT2D eigenvalue weighted by atomic mass is 10.1. The van der Waals surface area contributed by atoms with Crippen LogP contribution in [0.3, 0.4) is 0 Å². The number of rotatable bonds is 3. The Morgan fingerprint density at radius 2 is 1.81 bits per heavy atom. The second kappa shape index (κ2) is 9.85. The second-order valence-electron chi connectivity index (χ2n) is 6.46. The molecule has 0 aromatic heterocycles. The lowest BCUT2D eigenvalue weighted by Gasteiger charge is -2.27. The number of benzene rings is 1. The first-order valence-corrected chi connectivity index (χ1v) is 8.77. The van der Waals surface area contributed by atoms with E-state index in [4.69, 9.17) is 4.74 Å². The summed E-state index contributed by atoms with van der Waals surface area (Å²) in [5.74, 6) is -0.375. The molecule has 0 bridgehead atoms. The molecule has 2 aliphatic rings. The first-order chi connectivity index (χ1) is 12.1. The molecular formula is C18H25ClFN3O3. The smallest absolute Gasteiger partial charge is 0.253 e. The molecule has 2 fully saturated rings. The normalized spacial score (nSPS) is 20.9. The summed E-state index contributed by atoms with van der Waals surface area (Å²) in [4.78, 5) is 28.6. The molecule has 2 amide bonds. The summed E-state index contributed by atoms with van der Waals surface area (Å²) in [6.45, 7) is 4.31. The van der Waals surface area contributed by atoms with Crippen LogP contribution in [0.5, 0.6) is 0 Å². The summed E-state index contributed by atoms with van der Waals surface area (Å²) in [5, 5.41) is 3.29. The van der Waals surface area contributed by atoms with Crippen LogP contribution in [-0.2, 0) is 9.53 Å². The Morgan fingerprint density at radius 1 is 1.12 bits per heavy atom. The van der Waals surface area contributed by atoms with Crippen molar-refractivity contribution in [3.8, 4) is 0 Å². The van der Waals surface area contributed by atoms with Crippen molar-refractivity contribution in [1.29, 1.82) is 0 Å². The van der Waals surface area contributed by atoms with E-state index in [0.29, 0.717) is 51.4 Å². The van der Waals surface area contributed by atoms with Gasteiger partial charge in [0.1, 0.15) is 5.82 Å². The molecule has 2 saturated heterocycles. The number of nitrogens with one attached hydrogen (secondary N) is 1. The van der Waals surface area contributed by atoms with Crippen LogP contribution in [0.1, 0.15) is 23.2 Å². The molecule has 0 aliphatic carbocycles. The third-order valence-corrected chi connectivity index (χ3v) is 4.65. The molecule has 26 heavy (non-hydrogen) atoms. The Bertz CT molecular complexity index is 608. The Labute approximate surface area is 159 Å². The first kappa shape index (κ1) is 20.6. The fourth-order valence-electron chi connectivity index (χ4n) is 3.24. The molecule has 8 heteroatoms. The number of halogens is 2. The number of carbonyl (C=O) groups excluding carboxylic acids is 2. The van der Waals surface area contributed by atoms with Gasteiger partial charge in [-0.1, -0.05) is 0 Å². The minimum atomic E-state index is -0.357. The van der Waals surface area contributed by atoms with Gasteiger partial charge in [0.2, 0.25) is 5.91 Å². The molecule has 1 N–H and O–H groups in total. The van der Waals surface area contributed by atoms with E-state index in [0.717, 1.165) is 13.0 Å². The van der Waals surface area contributed by atoms with Crippen molar-refractivity contribution in [2.24, 2.45) is 0 Å². The van der Waals surface area contributed by atoms with E-state index in [9.17, 15) is 14.0 Å². The minimum absolute atomic E-state index is 0. The van der Waals surface area contributed by atoms with Crippen molar-refractivity contribution < 1.29 is 18.7 Å². The van der Waals surface area contributed by atoms with Crippen molar-refractivity contribution in [1.82, 2.24) is 15.1 Å². The third kappa shape index (κ3) is 5.40. The molecule has 0 saturated carbocycles. The molecule has 0 radical (unpaired) electrons. The van der Waals surface area contributed by atoms with Crippen LogP contribution >= 0.6 is 12.4 Å². The van der Waals surface area contributed by atoms with Crippen LogP contribution < -0.4 is 5.32 Å². The van der Waals surface area contributed by atoms with Crippen molar-refractivity contribution in [3.63, 3.8) is 0 Å². The van der Waals surface area contributed by atoms with E-state index in [1.54, 1.807) is 4.90 Å². The summed E-state index contributed by atoms with van der Waals surface area (Å²) < 4.78 is 18.4. The van der Waals surface area contributed by atoms with Gasteiger partial charge in [-0.25, -0.2) is 4.39 Å².